The Balaban J connectivity index is 2.04. The average molecular weight is 247 g/mol. The summed E-state index contributed by atoms with van der Waals surface area (Å²) < 4.78 is 0. The van der Waals surface area contributed by atoms with Crippen LogP contribution < -0.4 is 11.1 Å². The summed E-state index contributed by atoms with van der Waals surface area (Å²) >= 11 is 0. The van der Waals surface area contributed by atoms with Crippen molar-refractivity contribution in [2.45, 2.75) is 24.9 Å². The van der Waals surface area contributed by atoms with Crippen molar-refractivity contribution in [3.63, 3.8) is 0 Å². The third-order valence-corrected chi connectivity index (χ3v) is 3.73. The van der Waals surface area contributed by atoms with Gasteiger partial charge in [-0.3, -0.25) is 9.69 Å². The normalized spacial score (nSPS) is 22.0. The standard InChI is InChI=1S/C14H21N3O/c1-16-14(18)7-8-17(2)13-9-12(15)10-5-3-4-6-11(10)13/h3-6,12-13H,7-9,15H2,1-2H3,(H,16,18). The van der Waals surface area contributed by atoms with Crippen LogP contribution in [-0.2, 0) is 4.79 Å². The van der Waals surface area contributed by atoms with E-state index in [9.17, 15) is 4.79 Å². The molecule has 3 N–H and O–H groups in total. The second-order valence-electron chi connectivity index (χ2n) is 4.89. The molecule has 0 fully saturated rings. The van der Waals surface area contributed by atoms with Gasteiger partial charge in [0.1, 0.15) is 0 Å². The number of benzene rings is 1. The van der Waals surface area contributed by atoms with Crippen LogP contribution in [0, 0.1) is 0 Å². The van der Waals surface area contributed by atoms with Gasteiger partial charge >= 0.3 is 0 Å². The van der Waals surface area contributed by atoms with Gasteiger partial charge < -0.3 is 11.1 Å². The number of carbonyl (C=O) groups excluding carboxylic acids is 1. The first-order valence-corrected chi connectivity index (χ1v) is 6.38. The van der Waals surface area contributed by atoms with Crippen molar-refractivity contribution in [1.29, 1.82) is 0 Å². The highest BCUT2D eigenvalue weighted by atomic mass is 16.1. The molecule has 0 aliphatic heterocycles. The van der Waals surface area contributed by atoms with Gasteiger partial charge in [-0.05, 0) is 24.6 Å². The van der Waals surface area contributed by atoms with Crippen LogP contribution in [0.4, 0.5) is 0 Å². The Kier molecular flexibility index (Phi) is 3.99. The van der Waals surface area contributed by atoms with Gasteiger partial charge in [-0.15, -0.1) is 0 Å². The van der Waals surface area contributed by atoms with Crippen molar-refractivity contribution >= 4 is 5.91 Å². The molecule has 0 spiro atoms. The number of carbonyl (C=O) groups is 1. The summed E-state index contributed by atoms with van der Waals surface area (Å²) in [5.74, 6) is 0.0810. The number of hydrogen-bond donors (Lipinski definition) is 2. The van der Waals surface area contributed by atoms with Crippen molar-refractivity contribution < 1.29 is 4.79 Å². The average Bonchev–Trinajstić information content (AvgIpc) is 2.74. The van der Waals surface area contributed by atoms with Crippen LogP contribution in [0.1, 0.15) is 36.1 Å². The molecule has 1 aromatic rings. The molecule has 1 aliphatic carbocycles. The summed E-state index contributed by atoms with van der Waals surface area (Å²) in [4.78, 5) is 13.5. The first kappa shape index (κ1) is 13.1. The fourth-order valence-corrected chi connectivity index (χ4v) is 2.62. The minimum Gasteiger partial charge on any atom is -0.359 e. The Bertz CT molecular complexity index is 433. The van der Waals surface area contributed by atoms with Crippen molar-refractivity contribution in [2.75, 3.05) is 20.6 Å². The van der Waals surface area contributed by atoms with E-state index in [2.05, 4.69) is 35.5 Å². The van der Waals surface area contributed by atoms with Gasteiger partial charge in [-0.25, -0.2) is 0 Å². The molecule has 0 radical (unpaired) electrons. The first-order valence-electron chi connectivity index (χ1n) is 6.38. The summed E-state index contributed by atoms with van der Waals surface area (Å²) in [5.41, 5.74) is 8.71. The van der Waals surface area contributed by atoms with Gasteiger partial charge in [0, 0.05) is 32.1 Å². The van der Waals surface area contributed by atoms with Crippen LogP contribution in [0.25, 0.3) is 0 Å². The van der Waals surface area contributed by atoms with Crippen LogP contribution >= 0.6 is 0 Å². The molecule has 0 heterocycles. The van der Waals surface area contributed by atoms with E-state index < -0.39 is 0 Å². The molecule has 1 aliphatic rings. The lowest BCUT2D eigenvalue weighted by Gasteiger charge is -2.24. The van der Waals surface area contributed by atoms with E-state index in [0.717, 1.165) is 13.0 Å². The number of rotatable bonds is 4. The Morgan fingerprint density at radius 3 is 2.78 bits per heavy atom. The molecular formula is C14H21N3O. The molecule has 0 saturated heterocycles. The highest BCUT2D eigenvalue weighted by Gasteiger charge is 2.30. The van der Waals surface area contributed by atoms with E-state index in [0.29, 0.717) is 12.5 Å². The molecule has 98 valence electrons. The van der Waals surface area contributed by atoms with Crippen molar-refractivity contribution in [2.24, 2.45) is 5.73 Å². The lowest BCUT2D eigenvalue weighted by atomic mass is 10.1. The number of amides is 1. The van der Waals surface area contributed by atoms with Crippen molar-refractivity contribution in [3.05, 3.63) is 35.4 Å². The molecule has 18 heavy (non-hydrogen) atoms. The highest BCUT2D eigenvalue weighted by molar-refractivity contribution is 5.75. The Morgan fingerprint density at radius 2 is 2.11 bits per heavy atom. The number of nitrogens with two attached hydrogens (primary N) is 1. The Hall–Kier alpha value is -1.39. The highest BCUT2D eigenvalue weighted by Crippen LogP contribution is 2.40. The molecule has 0 bridgehead atoms. The summed E-state index contributed by atoms with van der Waals surface area (Å²) in [6, 6.07) is 8.78. The number of fused-ring (bicyclic) bond motifs is 1. The van der Waals surface area contributed by atoms with E-state index in [1.54, 1.807) is 7.05 Å². The number of nitrogens with zero attached hydrogens (tertiary/aromatic N) is 1. The lowest BCUT2D eigenvalue weighted by Crippen LogP contribution is -2.29. The summed E-state index contributed by atoms with van der Waals surface area (Å²) in [6.45, 7) is 0.755. The van der Waals surface area contributed by atoms with Gasteiger partial charge in [0.15, 0.2) is 0 Å². The van der Waals surface area contributed by atoms with Gasteiger partial charge in [-0.2, -0.15) is 0 Å². The molecule has 2 atom stereocenters. The fraction of sp³-hybridized carbons (Fsp3) is 0.500. The van der Waals surface area contributed by atoms with Crippen molar-refractivity contribution in [3.8, 4) is 0 Å². The molecule has 1 aromatic carbocycles. The van der Waals surface area contributed by atoms with E-state index in [-0.39, 0.29) is 11.9 Å². The quantitative estimate of drug-likeness (QED) is 0.840. The number of hydrogen-bond acceptors (Lipinski definition) is 3. The van der Waals surface area contributed by atoms with Crippen LogP contribution in [0.5, 0.6) is 0 Å². The van der Waals surface area contributed by atoms with E-state index in [1.807, 2.05) is 6.07 Å². The molecule has 4 heteroatoms. The Morgan fingerprint density at radius 1 is 1.44 bits per heavy atom. The smallest absolute Gasteiger partial charge is 0.221 e. The second kappa shape index (κ2) is 5.50. The van der Waals surface area contributed by atoms with Gasteiger partial charge in [-0.1, -0.05) is 24.3 Å². The van der Waals surface area contributed by atoms with Crippen LogP contribution in [0.3, 0.4) is 0 Å². The zero-order valence-corrected chi connectivity index (χ0v) is 11.0. The maximum atomic E-state index is 11.3. The molecular weight excluding hydrogens is 226 g/mol. The number of nitrogens with one attached hydrogen (secondary N) is 1. The maximum absolute atomic E-state index is 11.3. The van der Waals surface area contributed by atoms with Crippen LogP contribution in [0.15, 0.2) is 24.3 Å². The second-order valence-corrected chi connectivity index (χ2v) is 4.89. The lowest BCUT2D eigenvalue weighted by molar-refractivity contribution is -0.121. The van der Waals surface area contributed by atoms with Gasteiger partial charge in [0.25, 0.3) is 0 Å². The molecule has 2 unspecified atom stereocenters. The van der Waals surface area contributed by atoms with E-state index in [1.165, 1.54) is 11.1 Å². The summed E-state index contributed by atoms with van der Waals surface area (Å²) in [7, 11) is 3.73. The molecule has 2 rings (SSSR count). The third-order valence-electron chi connectivity index (χ3n) is 3.73. The van der Waals surface area contributed by atoms with Crippen LogP contribution in [0.2, 0.25) is 0 Å². The van der Waals surface area contributed by atoms with Gasteiger partial charge in [0.2, 0.25) is 5.91 Å². The minimum atomic E-state index is 0.0810. The van der Waals surface area contributed by atoms with E-state index >= 15 is 0 Å². The van der Waals surface area contributed by atoms with Crippen LogP contribution in [-0.4, -0.2) is 31.4 Å². The zero-order chi connectivity index (χ0) is 13.1. The van der Waals surface area contributed by atoms with Crippen molar-refractivity contribution in [1.82, 2.24) is 10.2 Å². The third kappa shape index (κ3) is 2.54. The SMILES string of the molecule is CNC(=O)CCN(C)C1CC(N)c2ccccc21. The molecule has 4 nitrogen and oxygen atoms in total. The predicted octanol–water partition coefficient (Wildman–Crippen LogP) is 1.20. The molecule has 1 amide bonds. The van der Waals surface area contributed by atoms with E-state index in [4.69, 9.17) is 5.73 Å². The largest absolute Gasteiger partial charge is 0.359 e. The fourth-order valence-electron chi connectivity index (χ4n) is 2.62. The summed E-state index contributed by atoms with van der Waals surface area (Å²) in [5, 5.41) is 2.65. The minimum absolute atomic E-state index is 0.0810. The van der Waals surface area contributed by atoms with Gasteiger partial charge in [0.05, 0.1) is 0 Å². The maximum Gasteiger partial charge on any atom is 0.221 e. The first-order chi connectivity index (χ1) is 8.63. The monoisotopic (exact) mass is 247 g/mol. The molecule has 0 aromatic heterocycles. The Labute approximate surface area is 108 Å². The summed E-state index contributed by atoms with van der Waals surface area (Å²) in [6.07, 6.45) is 1.46. The molecule has 0 saturated carbocycles. The topological polar surface area (TPSA) is 58.4 Å². The zero-order valence-electron chi connectivity index (χ0n) is 11.0. The predicted molar refractivity (Wildman–Crippen MR) is 72.0 cm³/mol.